The number of hydrogen-bond donors (Lipinski definition) is 2. The quantitative estimate of drug-likeness (QED) is 0.336. The van der Waals surface area contributed by atoms with E-state index in [0.717, 1.165) is 51.8 Å². The molecule has 0 bridgehead atoms. The topological polar surface area (TPSA) is 119 Å². The van der Waals surface area contributed by atoms with E-state index in [0.29, 0.717) is 29.9 Å². The number of halogens is 1. The highest BCUT2D eigenvalue weighted by Gasteiger charge is 2.21. The summed E-state index contributed by atoms with van der Waals surface area (Å²) in [5.41, 5.74) is 11.4. The first-order valence-electron chi connectivity index (χ1n) is 13.2. The first kappa shape index (κ1) is 24.9. The maximum absolute atomic E-state index is 14.0. The molecular weight excluding hydrogens is 523 g/mol. The van der Waals surface area contributed by atoms with Gasteiger partial charge in [-0.05, 0) is 54.4 Å². The standard InChI is InChI=1S/C31H25FN6O3/c1-17-20(3-2-4-26(17)38-16-35-24-8-5-18(32)13-22(24)31(38)40)23-15-34-29(30(33)39)28-27(23)21-7-6-19(14-25(21)36-28)37-9-11-41-12-10-37/h2-8,13-16,36H,9-12H2,1H3,(H2,33,39). The molecule has 10 heteroatoms. The lowest BCUT2D eigenvalue weighted by molar-refractivity contribution is 0.0997. The minimum Gasteiger partial charge on any atom is -0.378 e. The van der Waals surface area contributed by atoms with E-state index in [4.69, 9.17) is 10.5 Å². The van der Waals surface area contributed by atoms with Crippen LogP contribution in [0.25, 0.3) is 49.5 Å². The van der Waals surface area contributed by atoms with Gasteiger partial charge in [0, 0.05) is 46.8 Å². The first-order chi connectivity index (χ1) is 19.9. The second-order valence-corrected chi connectivity index (χ2v) is 10.1. The Bertz CT molecular complexity index is 2080. The van der Waals surface area contributed by atoms with Gasteiger partial charge in [-0.1, -0.05) is 18.2 Å². The molecule has 3 aromatic heterocycles. The van der Waals surface area contributed by atoms with Crippen molar-refractivity contribution in [3.05, 3.63) is 94.5 Å². The van der Waals surface area contributed by atoms with Gasteiger partial charge >= 0.3 is 0 Å². The number of hydrogen-bond acceptors (Lipinski definition) is 6. The molecule has 4 heterocycles. The summed E-state index contributed by atoms with van der Waals surface area (Å²) >= 11 is 0. The van der Waals surface area contributed by atoms with E-state index < -0.39 is 11.7 Å². The van der Waals surface area contributed by atoms with E-state index in [1.807, 2.05) is 31.2 Å². The largest absolute Gasteiger partial charge is 0.378 e. The van der Waals surface area contributed by atoms with Crippen LogP contribution in [-0.2, 0) is 4.74 Å². The number of amides is 1. The highest BCUT2D eigenvalue weighted by atomic mass is 19.1. The molecule has 41 heavy (non-hydrogen) atoms. The average Bonchev–Trinajstić information content (AvgIpc) is 3.37. The molecule has 7 rings (SSSR count). The number of carbonyl (C=O) groups is 1. The summed E-state index contributed by atoms with van der Waals surface area (Å²) in [5, 5.41) is 1.92. The predicted molar refractivity (Wildman–Crippen MR) is 156 cm³/mol. The Morgan fingerprint density at radius 1 is 1.02 bits per heavy atom. The molecule has 0 spiro atoms. The maximum atomic E-state index is 14.0. The Labute approximate surface area is 233 Å². The average molecular weight is 549 g/mol. The molecular formula is C31H25FN6O3. The summed E-state index contributed by atoms with van der Waals surface area (Å²) in [6.07, 6.45) is 3.10. The number of pyridine rings is 1. The summed E-state index contributed by atoms with van der Waals surface area (Å²) in [7, 11) is 0. The minimum absolute atomic E-state index is 0.152. The van der Waals surface area contributed by atoms with E-state index >= 15 is 0 Å². The second-order valence-electron chi connectivity index (χ2n) is 10.1. The number of nitrogens with one attached hydrogen (secondary N) is 1. The predicted octanol–water partition coefficient (Wildman–Crippen LogP) is 4.47. The summed E-state index contributed by atoms with van der Waals surface area (Å²) in [5.74, 6) is -1.13. The zero-order valence-corrected chi connectivity index (χ0v) is 22.1. The van der Waals surface area contributed by atoms with Crippen LogP contribution in [0.5, 0.6) is 0 Å². The van der Waals surface area contributed by atoms with Gasteiger partial charge in [-0.15, -0.1) is 0 Å². The Balaban J connectivity index is 1.44. The van der Waals surface area contributed by atoms with Crippen LogP contribution >= 0.6 is 0 Å². The number of aromatic amines is 1. The van der Waals surface area contributed by atoms with Gasteiger partial charge < -0.3 is 20.4 Å². The molecule has 0 atom stereocenters. The van der Waals surface area contributed by atoms with Crippen LogP contribution in [0.3, 0.4) is 0 Å². The molecule has 3 aromatic carbocycles. The van der Waals surface area contributed by atoms with Gasteiger partial charge in [-0.2, -0.15) is 0 Å². The lowest BCUT2D eigenvalue weighted by atomic mass is 9.95. The fourth-order valence-corrected chi connectivity index (χ4v) is 5.75. The van der Waals surface area contributed by atoms with Crippen LogP contribution in [0.15, 0.2) is 71.9 Å². The first-order valence-corrected chi connectivity index (χ1v) is 13.2. The molecule has 0 aliphatic carbocycles. The minimum atomic E-state index is -0.631. The van der Waals surface area contributed by atoms with Crippen LogP contribution in [0.2, 0.25) is 0 Å². The van der Waals surface area contributed by atoms with Crippen LogP contribution < -0.4 is 16.2 Å². The third kappa shape index (κ3) is 4.03. The van der Waals surface area contributed by atoms with Crippen molar-refractivity contribution in [1.82, 2.24) is 19.5 Å². The number of morpholine rings is 1. The lowest BCUT2D eigenvalue weighted by Crippen LogP contribution is -2.36. The van der Waals surface area contributed by atoms with Crippen molar-refractivity contribution in [1.29, 1.82) is 0 Å². The number of rotatable bonds is 4. The molecule has 1 aliphatic rings. The van der Waals surface area contributed by atoms with E-state index in [1.165, 1.54) is 29.1 Å². The summed E-state index contributed by atoms with van der Waals surface area (Å²) in [4.78, 5) is 40.2. The van der Waals surface area contributed by atoms with Crippen LogP contribution in [-0.4, -0.2) is 51.7 Å². The Hall–Kier alpha value is -5.09. The molecule has 1 saturated heterocycles. The van der Waals surface area contributed by atoms with E-state index in [1.54, 1.807) is 6.20 Å². The summed E-state index contributed by atoms with van der Waals surface area (Å²) in [6, 6.07) is 15.8. The smallest absolute Gasteiger partial charge is 0.269 e. The summed E-state index contributed by atoms with van der Waals surface area (Å²) in [6.45, 7) is 4.85. The number of ether oxygens (including phenoxy) is 1. The molecule has 0 radical (unpaired) electrons. The number of aromatic nitrogens is 4. The number of H-pyrrole nitrogens is 1. The molecule has 6 aromatic rings. The maximum Gasteiger partial charge on any atom is 0.269 e. The highest BCUT2D eigenvalue weighted by Crippen LogP contribution is 2.39. The number of anilines is 1. The molecule has 0 unspecified atom stereocenters. The second kappa shape index (κ2) is 9.53. The van der Waals surface area contributed by atoms with Gasteiger partial charge in [0.05, 0.1) is 35.3 Å². The Morgan fingerprint density at radius 3 is 2.66 bits per heavy atom. The van der Waals surface area contributed by atoms with Gasteiger partial charge in [-0.25, -0.2) is 14.4 Å². The van der Waals surface area contributed by atoms with Crippen molar-refractivity contribution in [3.63, 3.8) is 0 Å². The number of nitrogens with two attached hydrogens (primary N) is 1. The molecule has 1 aliphatic heterocycles. The Kier molecular flexibility index (Phi) is 5.79. The van der Waals surface area contributed by atoms with Gasteiger partial charge in [-0.3, -0.25) is 14.2 Å². The molecule has 3 N–H and O–H groups in total. The monoisotopic (exact) mass is 548 g/mol. The summed E-state index contributed by atoms with van der Waals surface area (Å²) < 4.78 is 20.9. The zero-order chi connectivity index (χ0) is 28.2. The molecule has 1 amide bonds. The fraction of sp³-hybridized carbons (Fsp3) is 0.161. The van der Waals surface area contributed by atoms with Gasteiger partial charge in [0.2, 0.25) is 0 Å². The van der Waals surface area contributed by atoms with E-state index in [2.05, 4.69) is 32.0 Å². The van der Waals surface area contributed by atoms with Crippen molar-refractivity contribution in [3.8, 4) is 16.8 Å². The van der Waals surface area contributed by atoms with Crippen LogP contribution in [0, 0.1) is 12.7 Å². The zero-order valence-electron chi connectivity index (χ0n) is 22.1. The Morgan fingerprint density at radius 2 is 1.85 bits per heavy atom. The number of nitrogens with zero attached hydrogens (tertiary/aromatic N) is 4. The van der Waals surface area contributed by atoms with Crippen molar-refractivity contribution < 1.29 is 13.9 Å². The SMILES string of the molecule is Cc1c(-c2cnc(C(N)=O)c3[nH]c4cc(N5CCOCC5)ccc4c23)cccc1-n1cnc2ccc(F)cc2c1=O. The van der Waals surface area contributed by atoms with Crippen LogP contribution in [0.1, 0.15) is 16.1 Å². The number of benzene rings is 3. The molecule has 204 valence electrons. The van der Waals surface area contributed by atoms with Gasteiger partial charge in [0.25, 0.3) is 11.5 Å². The fourth-order valence-electron chi connectivity index (χ4n) is 5.75. The number of fused-ring (bicyclic) bond motifs is 4. The molecule has 0 saturated carbocycles. The lowest BCUT2D eigenvalue weighted by Gasteiger charge is -2.28. The normalized spacial score (nSPS) is 13.9. The van der Waals surface area contributed by atoms with Crippen LogP contribution in [0.4, 0.5) is 10.1 Å². The number of carbonyl (C=O) groups excluding carboxylic acids is 1. The van der Waals surface area contributed by atoms with E-state index in [9.17, 15) is 14.0 Å². The highest BCUT2D eigenvalue weighted by molar-refractivity contribution is 6.19. The van der Waals surface area contributed by atoms with Crippen molar-refractivity contribution in [2.75, 3.05) is 31.2 Å². The van der Waals surface area contributed by atoms with Crippen molar-refractivity contribution in [2.24, 2.45) is 5.73 Å². The third-order valence-corrected chi connectivity index (χ3v) is 7.80. The number of primary amides is 1. The molecule has 9 nitrogen and oxygen atoms in total. The van der Waals surface area contributed by atoms with Crippen molar-refractivity contribution >= 4 is 44.3 Å². The third-order valence-electron chi connectivity index (χ3n) is 7.80. The van der Waals surface area contributed by atoms with Gasteiger partial charge in [0.1, 0.15) is 12.1 Å². The van der Waals surface area contributed by atoms with Gasteiger partial charge in [0.15, 0.2) is 5.69 Å². The van der Waals surface area contributed by atoms with Crippen molar-refractivity contribution in [2.45, 2.75) is 6.92 Å². The van der Waals surface area contributed by atoms with E-state index in [-0.39, 0.29) is 16.6 Å². The molecule has 1 fully saturated rings.